The first-order chi connectivity index (χ1) is 9.67. The lowest BCUT2D eigenvalue weighted by molar-refractivity contribution is 0.0954. The zero-order valence-corrected chi connectivity index (χ0v) is 13.2. The third-order valence-corrected chi connectivity index (χ3v) is 3.17. The molecule has 1 aromatic heterocycles. The van der Waals surface area contributed by atoms with E-state index in [0.717, 1.165) is 11.4 Å². The van der Waals surface area contributed by atoms with Crippen molar-refractivity contribution in [2.45, 2.75) is 13.3 Å². The van der Waals surface area contributed by atoms with E-state index in [4.69, 9.17) is 17.3 Å². The maximum Gasteiger partial charge on any atom is 0.254 e. The smallest absolute Gasteiger partial charge is 0.254 e. The molecule has 2 aromatic rings. The molecule has 0 fully saturated rings. The Labute approximate surface area is 134 Å². The van der Waals surface area contributed by atoms with E-state index in [1.54, 1.807) is 16.9 Å². The minimum Gasteiger partial charge on any atom is -0.351 e. The van der Waals surface area contributed by atoms with Crippen LogP contribution in [-0.4, -0.2) is 28.8 Å². The van der Waals surface area contributed by atoms with Gasteiger partial charge in [-0.1, -0.05) is 24.6 Å². The van der Waals surface area contributed by atoms with Crippen molar-refractivity contribution in [3.8, 4) is 5.69 Å². The first-order valence-electron chi connectivity index (χ1n) is 6.48. The third kappa shape index (κ3) is 3.97. The van der Waals surface area contributed by atoms with Gasteiger partial charge in [0.25, 0.3) is 5.91 Å². The number of nitrogens with one attached hydrogen (secondary N) is 1. The van der Waals surface area contributed by atoms with E-state index < -0.39 is 0 Å². The molecule has 0 aliphatic heterocycles. The van der Waals surface area contributed by atoms with Crippen LogP contribution in [0.2, 0.25) is 5.02 Å². The van der Waals surface area contributed by atoms with E-state index in [9.17, 15) is 4.79 Å². The van der Waals surface area contributed by atoms with Gasteiger partial charge in [0.1, 0.15) is 0 Å². The maximum absolute atomic E-state index is 12.0. The van der Waals surface area contributed by atoms with Crippen LogP contribution >= 0.6 is 24.0 Å². The highest BCUT2D eigenvalue weighted by Gasteiger charge is 2.16. The topological polar surface area (TPSA) is 72.9 Å². The fraction of sp³-hybridized carbons (Fsp3) is 0.286. The van der Waals surface area contributed by atoms with E-state index in [2.05, 4.69) is 10.4 Å². The SMILES string of the molecule is CCc1c(C(=O)NCCN)cnn1-c1cccc(Cl)c1.Cl. The predicted octanol–water partition coefficient (Wildman–Crippen LogP) is 2.20. The summed E-state index contributed by atoms with van der Waals surface area (Å²) in [6, 6.07) is 7.37. The van der Waals surface area contributed by atoms with E-state index >= 15 is 0 Å². The fourth-order valence-corrected chi connectivity index (χ4v) is 2.20. The van der Waals surface area contributed by atoms with Crippen molar-refractivity contribution < 1.29 is 4.79 Å². The summed E-state index contributed by atoms with van der Waals surface area (Å²) < 4.78 is 1.74. The highest BCUT2D eigenvalue weighted by Crippen LogP contribution is 2.19. The van der Waals surface area contributed by atoms with Crippen molar-refractivity contribution in [2.75, 3.05) is 13.1 Å². The summed E-state index contributed by atoms with van der Waals surface area (Å²) in [6.07, 6.45) is 2.27. The molecule has 0 radical (unpaired) electrons. The molecule has 0 spiro atoms. The number of rotatable bonds is 5. The van der Waals surface area contributed by atoms with Crippen molar-refractivity contribution in [1.82, 2.24) is 15.1 Å². The van der Waals surface area contributed by atoms with Crippen LogP contribution in [0.5, 0.6) is 0 Å². The number of carbonyl (C=O) groups is 1. The maximum atomic E-state index is 12.0. The van der Waals surface area contributed by atoms with Gasteiger partial charge in [0, 0.05) is 18.1 Å². The average Bonchev–Trinajstić information content (AvgIpc) is 2.88. The molecule has 0 atom stereocenters. The van der Waals surface area contributed by atoms with Crippen molar-refractivity contribution in [3.05, 3.63) is 46.7 Å². The number of nitrogens with two attached hydrogens (primary N) is 1. The molecule has 1 aromatic carbocycles. The Hall–Kier alpha value is -1.56. The minimum absolute atomic E-state index is 0. The van der Waals surface area contributed by atoms with E-state index in [1.165, 1.54) is 0 Å². The van der Waals surface area contributed by atoms with Crippen molar-refractivity contribution in [3.63, 3.8) is 0 Å². The van der Waals surface area contributed by atoms with Gasteiger partial charge in [-0.3, -0.25) is 4.79 Å². The Morgan fingerprint density at radius 2 is 2.24 bits per heavy atom. The van der Waals surface area contributed by atoms with Crippen LogP contribution in [0, 0.1) is 0 Å². The number of halogens is 2. The van der Waals surface area contributed by atoms with Gasteiger partial charge in [-0.05, 0) is 24.6 Å². The van der Waals surface area contributed by atoms with Gasteiger partial charge >= 0.3 is 0 Å². The highest BCUT2D eigenvalue weighted by atomic mass is 35.5. The van der Waals surface area contributed by atoms with Crippen LogP contribution < -0.4 is 11.1 Å². The van der Waals surface area contributed by atoms with Gasteiger partial charge in [-0.2, -0.15) is 5.10 Å². The molecule has 2 rings (SSSR count). The zero-order chi connectivity index (χ0) is 14.5. The predicted molar refractivity (Wildman–Crippen MR) is 86.6 cm³/mol. The molecule has 0 unspecified atom stereocenters. The van der Waals surface area contributed by atoms with E-state index in [0.29, 0.717) is 30.1 Å². The van der Waals surface area contributed by atoms with Gasteiger partial charge in [-0.25, -0.2) is 4.68 Å². The summed E-state index contributed by atoms with van der Waals surface area (Å²) in [7, 11) is 0. The lowest BCUT2D eigenvalue weighted by Gasteiger charge is -2.08. The monoisotopic (exact) mass is 328 g/mol. The molecular weight excluding hydrogens is 311 g/mol. The second-order valence-electron chi connectivity index (χ2n) is 4.29. The van der Waals surface area contributed by atoms with Gasteiger partial charge in [0.05, 0.1) is 23.1 Å². The Balaban J connectivity index is 0.00000220. The highest BCUT2D eigenvalue weighted by molar-refractivity contribution is 6.30. The molecule has 21 heavy (non-hydrogen) atoms. The second-order valence-corrected chi connectivity index (χ2v) is 4.73. The van der Waals surface area contributed by atoms with Crippen LogP contribution in [0.3, 0.4) is 0 Å². The molecule has 1 heterocycles. The van der Waals surface area contributed by atoms with Crippen molar-refractivity contribution in [1.29, 1.82) is 0 Å². The average molecular weight is 329 g/mol. The summed E-state index contributed by atoms with van der Waals surface area (Å²) in [4.78, 5) is 12.0. The van der Waals surface area contributed by atoms with Crippen LogP contribution in [-0.2, 0) is 6.42 Å². The van der Waals surface area contributed by atoms with Gasteiger partial charge in [-0.15, -0.1) is 12.4 Å². The Kier molecular flexibility index (Phi) is 6.68. The first-order valence-corrected chi connectivity index (χ1v) is 6.86. The van der Waals surface area contributed by atoms with Crippen LogP contribution in [0.4, 0.5) is 0 Å². The number of benzene rings is 1. The standard InChI is InChI=1S/C14H17ClN4O.ClH/c1-2-13-12(14(20)17-7-6-16)9-18-19(13)11-5-3-4-10(15)8-11;/h3-5,8-9H,2,6-7,16H2,1H3,(H,17,20);1H. The van der Waals surface area contributed by atoms with Crippen LogP contribution in [0.1, 0.15) is 23.0 Å². The Morgan fingerprint density at radius 3 is 2.86 bits per heavy atom. The van der Waals surface area contributed by atoms with Gasteiger partial charge in [0.15, 0.2) is 0 Å². The number of aromatic nitrogens is 2. The van der Waals surface area contributed by atoms with Gasteiger partial charge in [0.2, 0.25) is 0 Å². The Bertz CT molecular complexity index is 613. The lowest BCUT2D eigenvalue weighted by Crippen LogP contribution is -2.29. The number of hydrogen-bond acceptors (Lipinski definition) is 3. The largest absolute Gasteiger partial charge is 0.351 e. The lowest BCUT2D eigenvalue weighted by atomic mass is 10.2. The fourth-order valence-electron chi connectivity index (χ4n) is 2.01. The summed E-state index contributed by atoms with van der Waals surface area (Å²) in [6.45, 7) is 2.84. The molecule has 0 bridgehead atoms. The molecular formula is C14H18Cl2N4O. The first kappa shape index (κ1) is 17.5. The quantitative estimate of drug-likeness (QED) is 0.883. The van der Waals surface area contributed by atoms with Crippen molar-refractivity contribution >= 4 is 29.9 Å². The summed E-state index contributed by atoms with van der Waals surface area (Å²) >= 11 is 5.99. The Morgan fingerprint density at radius 1 is 1.48 bits per heavy atom. The summed E-state index contributed by atoms with van der Waals surface area (Å²) in [5.41, 5.74) is 7.65. The molecule has 0 saturated carbocycles. The molecule has 3 N–H and O–H groups in total. The summed E-state index contributed by atoms with van der Waals surface area (Å²) in [5.74, 6) is -0.152. The van der Waals surface area contributed by atoms with Gasteiger partial charge < -0.3 is 11.1 Å². The summed E-state index contributed by atoms with van der Waals surface area (Å²) in [5, 5.41) is 7.68. The normalized spacial score (nSPS) is 10.0. The number of amides is 1. The van der Waals surface area contributed by atoms with E-state index in [-0.39, 0.29) is 18.3 Å². The number of hydrogen-bond donors (Lipinski definition) is 2. The molecule has 114 valence electrons. The zero-order valence-electron chi connectivity index (χ0n) is 11.7. The molecule has 0 saturated heterocycles. The van der Waals surface area contributed by atoms with Crippen LogP contribution in [0.15, 0.2) is 30.5 Å². The van der Waals surface area contributed by atoms with Crippen molar-refractivity contribution in [2.24, 2.45) is 5.73 Å². The molecule has 0 aliphatic carbocycles. The third-order valence-electron chi connectivity index (χ3n) is 2.93. The number of nitrogens with zero attached hydrogens (tertiary/aromatic N) is 2. The number of carbonyl (C=O) groups excluding carboxylic acids is 1. The second kappa shape index (κ2) is 8.02. The molecule has 1 amide bonds. The molecule has 0 aliphatic rings. The minimum atomic E-state index is -0.152. The molecule has 7 heteroatoms. The van der Waals surface area contributed by atoms with E-state index in [1.807, 2.05) is 25.1 Å². The molecule has 5 nitrogen and oxygen atoms in total. The van der Waals surface area contributed by atoms with Crippen LogP contribution in [0.25, 0.3) is 5.69 Å².